The second-order valence-electron chi connectivity index (χ2n) is 2.99. The first-order valence-corrected chi connectivity index (χ1v) is 6.20. The lowest BCUT2D eigenvalue weighted by atomic mass is 9.80. The van der Waals surface area contributed by atoms with Crippen molar-refractivity contribution < 1.29 is 18.5 Å². The molecule has 0 atom stereocenters. The van der Waals surface area contributed by atoms with Crippen LogP contribution in [0.5, 0.6) is 0 Å². The molecule has 1 aromatic rings. The van der Waals surface area contributed by atoms with Crippen LogP contribution in [-0.4, -0.2) is 31.8 Å². The second kappa shape index (κ2) is 4.40. The standard InChI is InChI=1S/C7H9BClNO4S/c1-15(13,14)10-7-4-5(8(11)12)2-3-6(7)9/h2-4,10-12H,1H3. The van der Waals surface area contributed by atoms with E-state index in [0.717, 1.165) is 6.26 Å². The highest BCUT2D eigenvalue weighted by molar-refractivity contribution is 7.92. The zero-order valence-electron chi connectivity index (χ0n) is 7.81. The minimum atomic E-state index is -3.44. The molecule has 0 spiro atoms. The normalized spacial score (nSPS) is 11.2. The van der Waals surface area contributed by atoms with Crippen molar-refractivity contribution in [1.82, 2.24) is 0 Å². The van der Waals surface area contributed by atoms with Crippen LogP contribution in [-0.2, 0) is 10.0 Å². The van der Waals surface area contributed by atoms with Gasteiger partial charge >= 0.3 is 7.12 Å². The molecule has 3 N–H and O–H groups in total. The fourth-order valence-electron chi connectivity index (χ4n) is 0.981. The van der Waals surface area contributed by atoms with Gasteiger partial charge in [-0.15, -0.1) is 0 Å². The Hall–Kier alpha value is -0.755. The SMILES string of the molecule is CS(=O)(=O)Nc1cc(B(O)O)ccc1Cl. The summed E-state index contributed by atoms with van der Waals surface area (Å²) in [5.74, 6) is 0. The van der Waals surface area contributed by atoms with Gasteiger partial charge in [-0.05, 0) is 17.6 Å². The van der Waals surface area contributed by atoms with E-state index < -0.39 is 17.1 Å². The summed E-state index contributed by atoms with van der Waals surface area (Å²) in [6.07, 6.45) is 0.978. The average molecular weight is 249 g/mol. The third-order valence-corrected chi connectivity index (χ3v) is 2.50. The smallest absolute Gasteiger partial charge is 0.423 e. The van der Waals surface area contributed by atoms with Gasteiger partial charge in [0.1, 0.15) is 0 Å². The highest BCUT2D eigenvalue weighted by atomic mass is 35.5. The lowest BCUT2D eigenvalue weighted by Gasteiger charge is -2.08. The molecule has 5 nitrogen and oxygen atoms in total. The number of benzene rings is 1. The summed E-state index contributed by atoms with van der Waals surface area (Å²) >= 11 is 5.72. The van der Waals surface area contributed by atoms with Gasteiger partial charge in [0.25, 0.3) is 0 Å². The first-order valence-electron chi connectivity index (χ1n) is 3.93. The lowest BCUT2D eigenvalue weighted by Crippen LogP contribution is -2.30. The van der Waals surface area contributed by atoms with Crippen molar-refractivity contribution in [3.05, 3.63) is 23.2 Å². The van der Waals surface area contributed by atoms with Crippen molar-refractivity contribution in [2.24, 2.45) is 0 Å². The van der Waals surface area contributed by atoms with Crippen LogP contribution < -0.4 is 10.2 Å². The predicted molar refractivity (Wildman–Crippen MR) is 59.7 cm³/mol. The number of rotatable bonds is 3. The Kier molecular flexibility index (Phi) is 3.61. The number of nitrogens with one attached hydrogen (secondary N) is 1. The van der Waals surface area contributed by atoms with Gasteiger partial charge in [-0.3, -0.25) is 4.72 Å². The van der Waals surface area contributed by atoms with Crippen molar-refractivity contribution in [1.29, 1.82) is 0 Å². The molecule has 0 saturated heterocycles. The van der Waals surface area contributed by atoms with E-state index in [0.29, 0.717) is 0 Å². The zero-order chi connectivity index (χ0) is 11.6. The summed E-state index contributed by atoms with van der Waals surface area (Å²) in [6.45, 7) is 0. The molecule has 0 saturated carbocycles. The molecule has 0 aromatic heterocycles. The fourth-order valence-corrected chi connectivity index (χ4v) is 1.77. The molecule has 0 heterocycles. The second-order valence-corrected chi connectivity index (χ2v) is 5.14. The van der Waals surface area contributed by atoms with Gasteiger partial charge in [0.15, 0.2) is 0 Å². The summed E-state index contributed by atoms with van der Waals surface area (Å²) in [5, 5.41) is 17.9. The van der Waals surface area contributed by atoms with Crippen LogP contribution in [0.3, 0.4) is 0 Å². The van der Waals surface area contributed by atoms with Crippen LogP contribution in [0.25, 0.3) is 0 Å². The zero-order valence-corrected chi connectivity index (χ0v) is 9.38. The Labute approximate surface area is 92.9 Å². The Balaban J connectivity index is 3.11. The third-order valence-electron chi connectivity index (χ3n) is 1.58. The molecule has 15 heavy (non-hydrogen) atoms. The first kappa shape index (κ1) is 12.3. The molecule has 0 aliphatic heterocycles. The average Bonchev–Trinajstić information content (AvgIpc) is 2.06. The molecular weight excluding hydrogens is 240 g/mol. The van der Waals surface area contributed by atoms with Crippen LogP contribution >= 0.6 is 11.6 Å². The minimum Gasteiger partial charge on any atom is -0.423 e. The molecule has 0 unspecified atom stereocenters. The Morgan fingerprint density at radius 2 is 2.00 bits per heavy atom. The van der Waals surface area contributed by atoms with Gasteiger partial charge in [0.2, 0.25) is 10.0 Å². The number of sulfonamides is 1. The monoisotopic (exact) mass is 249 g/mol. The first-order chi connectivity index (χ1) is 6.79. The summed E-state index contributed by atoms with van der Waals surface area (Å²) in [4.78, 5) is 0. The summed E-state index contributed by atoms with van der Waals surface area (Å²) < 4.78 is 24.0. The molecular formula is C7H9BClNO4S. The van der Waals surface area contributed by atoms with E-state index in [1.165, 1.54) is 18.2 Å². The molecule has 0 radical (unpaired) electrons. The largest absolute Gasteiger partial charge is 0.488 e. The summed E-state index contributed by atoms with van der Waals surface area (Å²) in [7, 11) is -5.10. The fraction of sp³-hybridized carbons (Fsp3) is 0.143. The maximum atomic E-state index is 10.9. The summed E-state index contributed by atoms with van der Waals surface area (Å²) in [6, 6.07) is 4.03. The van der Waals surface area contributed by atoms with E-state index in [-0.39, 0.29) is 16.2 Å². The quantitative estimate of drug-likeness (QED) is 0.624. The van der Waals surface area contributed by atoms with Crippen LogP contribution in [0.2, 0.25) is 5.02 Å². The van der Waals surface area contributed by atoms with Crippen molar-refractivity contribution >= 4 is 39.9 Å². The highest BCUT2D eigenvalue weighted by Crippen LogP contribution is 2.20. The number of anilines is 1. The third kappa shape index (κ3) is 3.71. The highest BCUT2D eigenvalue weighted by Gasteiger charge is 2.14. The van der Waals surface area contributed by atoms with Gasteiger partial charge in [-0.25, -0.2) is 8.42 Å². The molecule has 0 aliphatic carbocycles. The number of halogens is 1. The molecule has 0 amide bonds. The van der Waals surface area contributed by atoms with Crippen LogP contribution in [0.15, 0.2) is 18.2 Å². The van der Waals surface area contributed by atoms with Crippen LogP contribution in [0.4, 0.5) is 5.69 Å². The molecule has 1 rings (SSSR count). The van der Waals surface area contributed by atoms with Crippen molar-refractivity contribution in [3.8, 4) is 0 Å². The van der Waals surface area contributed by atoms with Gasteiger partial charge < -0.3 is 10.0 Å². The minimum absolute atomic E-state index is 0.116. The van der Waals surface area contributed by atoms with E-state index >= 15 is 0 Å². The molecule has 82 valence electrons. The van der Waals surface area contributed by atoms with Crippen molar-refractivity contribution in [2.45, 2.75) is 0 Å². The van der Waals surface area contributed by atoms with Gasteiger partial charge in [-0.2, -0.15) is 0 Å². The predicted octanol–water partition coefficient (Wildman–Crippen LogP) is -0.609. The van der Waals surface area contributed by atoms with Gasteiger partial charge in [-0.1, -0.05) is 17.7 Å². The van der Waals surface area contributed by atoms with Crippen molar-refractivity contribution in [3.63, 3.8) is 0 Å². The molecule has 1 aromatic carbocycles. The Morgan fingerprint density at radius 3 is 2.47 bits per heavy atom. The summed E-state index contributed by atoms with van der Waals surface area (Å²) in [5.41, 5.74) is 0.273. The lowest BCUT2D eigenvalue weighted by molar-refractivity contribution is 0.426. The number of hydrogen-bond acceptors (Lipinski definition) is 4. The van der Waals surface area contributed by atoms with Crippen molar-refractivity contribution in [2.75, 3.05) is 11.0 Å². The Morgan fingerprint density at radius 1 is 1.40 bits per heavy atom. The maximum absolute atomic E-state index is 10.9. The number of hydrogen-bond donors (Lipinski definition) is 3. The molecule has 0 fully saturated rings. The molecule has 0 bridgehead atoms. The van der Waals surface area contributed by atoms with E-state index in [1.807, 2.05) is 0 Å². The Bertz CT molecular complexity index is 462. The van der Waals surface area contributed by atoms with E-state index in [2.05, 4.69) is 4.72 Å². The molecule has 8 heteroatoms. The van der Waals surface area contributed by atoms with Gasteiger partial charge in [0, 0.05) is 0 Å². The van der Waals surface area contributed by atoms with E-state index in [9.17, 15) is 8.42 Å². The topological polar surface area (TPSA) is 86.6 Å². The van der Waals surface area contributed by atoms with E-state index in [4.69, 9.17) is 21.6 Å². The van der Waals surface area contributed by atoms with Crippen LogP contribution in [0, 0.1) is 0 Å². The molecule has 0 aliphatic rings. The maximum Gasteiger partial charge on any atom is 0.488 e. The van der Waals surface area contributed by atoms with Gasteiger partial charge in [0.05, 0.1) is 17.0 Å². The van der Waals surface area contributed by atoms with E-state index in [1.54, 1.807) is 0 Å². The van der Waals surface area contributed by atoms with Crippen LogP contribution in [0.1, 0.15) is 0 Å².